The van der Waals surface area contributed by atoms with Gasteiger partial charge in [-0.15, -0.1) is 0 Å². The van der Waals surface area contributed by atoms with Crippen molar-refractivity contribution in [3.8, 4) is 0 Å². The second-order valence-electron chi connectivity index (χ2n) is 8.32. The number of halogens is 5. The molecule has 10 nitrogen and oxygen atoms in total. The quantitative estimate of drug-likeness (QED) is 0.142. The number of methoxy groups -OCH3 is 4. The van der Waals surface area contributed by atoms with Crippen LogP contribution >= 0.6 is 66.7 Å². The van der Waals surface area contributed by atoms with Crippen molar-refractivity contribution in [3.05, 3.63) is 78.9 Å². The molecular weight excluding hydrogens is 754 g/mol. The van der Waals surface area contributed by atoms with Crippen LogP contribution in [0.15, 0.2) is 57.7 Å². The zero-order valence-corrected chi connectivity index (χ0v) is 28.9. The molecule has 4 rings (SSSR count). The van der Waals surface area contributed by atoms with Crippen molar-refractivity contribution in [2.45, 2.75) is 12.6 Å². The highest BCUT2D eigenvalue weighted by Gasteiger charge is 2.16. The first kappa shape index (κ1) is 37.2. The summed E-state index contributed by atoms with van der Waals surface area (Å²) in [6.45, 7) is 0.631. The third kappa shape index (κ3) is 10.9. The van der Waals surface area contributed by atoms with Crippen LogP contribution in [0.2, 0.25) is 10.0 Å². The third-order valence-corrected chi connectivity index (χ3v) is 7.66. The zero-order chi connectivity index (χ0) is 32.1. The fraction of sp³-hybridized carbons (Fsp3) is 0.286. The van der Waals surface area contributed by atoms with Crippen LogP contribution in [0.1, 0.15) is 20.7 Å². The summed E-state index contributed by atoms with van der Waals surface area (Å²) in [5.41, 5.74) is 7.14. The molecule has 43 heavy (non-hydrogen) atoms. The van der Waals surface area contributed by atoms with Gasteiger partial charge in [0.05, 0.1) is 38.8 Å². The van der Waals surface area contributed by atoms with E-state index in [0.29, 0.717) is 32.9 Å². The van der Waals surface area contributed by atoms with Crippen LogP contribution < -0.4 is 11.1 Å². The summed E-state index contributed by atoms with van der Waals surface area (Å²) in [6, 6.07) is 11.0. The minimum absolute atomic E-state index is 0.221. The lowest BCUT2D eigenvalue weighted by atomic mass is 10.1. The molecular formula is C28H29Br2Cl3N4O6. The Morgan fingerprint density at radius 1 is 0.814 bits per heavy atom. The highest BCUT2D eigenvalue weighted by molar-refractivity contribution is 9.10. The van der Waals surface area contributed by atoms with Crippen LogP contribution in [-0.2, 0) is 18.9 Å². The number of nitrogens with one attached hydrogen (secondary N) is 1. The Kier molecular flexibility index (Phi) is 16.2. The van der Waals surface area contributed by atoms with Gasteiger partial charge in [-0.25, -0.2) is 0 Å². The lowest BCUT2D eigenvalue weighted by Gasteiger charge is -2.14. The van der Waals surface area contributed by atoms with E-state index in [9.17, 15) is 9.59 Å². The normalized spacial score (nSPS) is 10.8. The number of benzene rings is 2. The molecule has 4 aromatic rings. The molecule has 0 aliphatic carbocycles. The molecule has 3 N–H and O–H groups in total. The highest BCUT2D eigenvalue weighted by atomic mass is 79.9. The number of nitrogens with two attached hydrogens (primary N) is 1. The molecule has 15 heteroatoms. The fourth-order valence-corrected chi connectivity index (χ4v) is 4.87. The van der Waals surface area contributed by atoms with Crippen molar-refractivity contribution in [1.82, 2.24) is 15.3 Å². The van der Waals surface area contributed by atoms with Crippen molar-refractivity contribution in [1.29, 1.82) is 0 Å². The van der Waals surface area contributed by atoms with E-state index in [4.69, 9.17) is 59.5 Å². The number of amides is 1. The number of nitrogens with zero attached hydrogens (tertiary/aromatic N) is 2. The molecule has 2 aromatic heterocycles. The second kappa shape index (κ2) is 18.7. The summed E-state index contributed by atoms with van der Waals surface area (Å²) >= 11 is 24.4. The van der Waals surface area contributed by atoms with Crippen LogP contribution in [0.5, 0.6) is 0 Å². The SMILES string of the molecule is COC(CN)OC.COC(CNC(=O)c1cnc2ccc(Br)cc2c1Cl)OC.O=C(Cl)c1cnc2ccc(Br)cc2c1Cl. The smallest absolute Gasteiger partial charge is 0.255 e. The largest absolute Gasteiger partial charge is 0.355 e. The summed E-state index contributed by atoms with van der Waals surface area (Å²) in [5.74, 6) is -0.325. The first-order chi connectivity index (χ1) is 20.5. The first-order valence-electron chi connectivity index (χ1n) is 12.3. The Hall–Kier alpha value is -1.97. The molecule has 232 valence electrons. The molecule has 0 saturated heterocycles. The van der Waals surface area contributed by atoms with Crippen LogP contribution in [0.25, 0.3) is 21.8 Å². The monoisotopic (exact) mass is 780 g/mol. The topological polar surface area (TPSA) is 135 Å². The Bertz CT molecular complexity index is 1540. The molecule has 0 saturated carbocycles. The van der Waals surface area contributed by atoms with E-state index in [1.54, 1.807) is 20.3 Å². The summed E-state index contributed by atoms with van der Waals surface area (Å²) in [6.07, 6.45) is 2.10. The van der Waals surface area contributed by atoms with Gasteiger partial charge >= 0.3 is 0 Å². The molecule has 2 aromatic carbocycles. The number of hydrogen-bond donors (Lipinski definition) is 2. The van der Waals surface area contributed by atoms with Crippen molar-refractivity contribution in [2.24, 2.45) is 5.73 Å². The fourth-order valence-electron chi connectivity index (χ4n) is 3.38. The van der Waals surface area contributed by atoms with Crippen LogP contribution in [-0.4, -0.2) is 75.2 Å². The zero-order valence-electron chi connectivity index (χ0n) is 23.5. The number of hydrogen-bond acceptors (Lipinski definition) is 9. The van der Waals surface area contributed by atoms with Gasteiger partial charge in [-0.1, -0.05) is 55.1 Å². The van der Waals surface area contributed by atoms with E-state index in [-0.39, 0.29) is 24.3 Å². The third-order valence-electron chi connectivity index (χ3n) is 5.66. The molecule has 0 radical (unpaired) electrons. The predicted molar refractivity (Wildman–Crippen MR) is 176 cm³/mol. The van der Waals surface area contributed by atoms with Gasteiger partial charge in [0, 0.05) is 67.1 Å². The average Bonchev–Trinajstić information content (AvgIpc) is 3.00. The molecule has 0 atom stereocenters. The Morgan fingerprint density at radius 2 is 1.26 bits per heavy atom. The minimum atomic E-state index is -0.602. The lowest BCUT2D eigenvalue weighted by molar-refractivity contribution is -0.0974. The van der Waals surface area contributed by atoms with E-state index in [1.165, 1.54) is 26.6 Å². The first-order valence-corrected chi connectivity index (χ1v) is 15.0. The van der Waals surface area contributed by atoms with Gasteiger partial charge in [0.1, 0.15) is 0 Å². The Morgan fingerprint density at radius 3 is 1.65 bits per heavy atom. The number of carbonyl (C=O) groups excluding carboxylic acids is 2. The van der Waals surface area contributed by atoms with E-state index in [2.05, 4.69) is 47.1 Å². The molecule has 0 bridgehead atoms. The molecule has 0 aliphatic rings. The molecule has 2 heterocycles. The van der Waals surface area contributed by atoms with Crippen molar-refractivity contribution < 1.29 is 28.5 Å². The predicted octanol–water partition coefficient (Wildman–Crippen LogP) is 6.59. The number of pyridine rings is 2. The lowest BCUT2D eigenvalue weighted by Crippen LogP contribution is -2.34. The van der Waals surface area contributed by atoms with Gasteiger partial charge in [-0.3, -0.25) is 19.6 Å². The van der Waals surface area contributed by atoms with Crippen LogP contribution in [0.3, 0.4) is 0 Å². The summed E-state index contributed by atoms with van der Waals surface area (Å²) in [5, 5.41) is 4.22. The number of ether oxygens (including phenoxy) is 4. The molecule has 0 unspecified atom stereocenters. The van der Waals surface area contributed by atoms with Gasteiger partial charge in [-0.05, 0) is 48.0 Å². The molecule has 0 fully saturated rings. The number of carbonyl (C=O) groups is 2. The van der Waals surface area contributed by atoms with E-state index < -0.39 is 11.5 Å². The summed E-state index contributed by atoms with van der Waals surface area (Å²) in [4.78, 5) is 31.5. The van der Waals surface area contributed by atoms with Crippen molar-refractivity contribution in [2.75, 3.05) is 41.5 Å². The highest BCUT2D eigenvalue weighted by Crippen LogP contribution is 2.29. The average molecular weight is 784 g/mol. The number of rotatable bonds is 9. The standard InChI is InChI=1S/C14H14BrClN2O3.C10H4BrCl2NO.C4H11NO2/c1-20-12(21-2)7-18-14(19)10-6-17-11-4-3-8(15)5-9(11)13(10)16;11-5-1-2-8-6(3-5)9(12)7(4-14-8)10(13)15;1-6-4(3-5)7-2/h3-6,12H,7H2,1-2H3,(H,18,19);1-4H;4H,3,5H2,1-2H3. The number of fused-ring (bicyclic) bond motifs is 2. The van der Waals surface area contributed by atoms with E-state index in [1.807, 2.05) is 30.3 Å². The van der Waals surface area contributed by atoms with Gasteiger partial charge in [0.2, 0.25) is 0 Å². The van der Waals surface area contributed by atoms with Gasteiger partial charge in [0.25, 0.3) is 11.1 Å². The Labute approximate surface area is 280 Å². The molecule has 1 amide bonds. The maximum Gasteiger partial charge on any atom is 0.255 e. The Balaban J connectivity index is 0.000000255. The second-order valence-corrected chi connectivity index (χ2v) is 11.2. The van der Waals surface area contributed by atoms with Crippen LogP contribution in [0, 0.1) is 0 Å². The van der Waals surface area contributed by atoms with Crippen molar-refractivity contribution >= 4 is 99.6 Å². The van der Waals surface area contributed by atoms with E-state index >= 15 is 0 Å². The summed E-state index contributed by atoms with van der Waals surface area (Å²) < 4.78 is 21.2. The molecule has 0 spiro atoms. The van der Waals surface area contributed by atoms with Gasteiger partial charge in [0.15, 0.2) is 12.6 Å². The number of aromatic nitrogens is 2. The molecule has 0 aliphatic heterocycles. The maximum absolute atomic E-state index is 12.2. The van der Waals surface area contributed by atoms with Crippen LogP contribution in [0.4, 0.5) is 0 Å². The van der Waals surface area contributed by atoms with Crippen molar-refractivity contribution in [3.63, 3.8) is 0 Å². The van der Waals surface area contributed by atoms with Gasteiger partial charge < -0.3 is 30.0 Å². The van der Waals surface area contributed by atoms with E-state index in [0.717, 1.165) is 20.0 Å². The summed E-state index contributed by atoms with van der Waals surface area (Å²) in [7, 11) is 6.12. The van der Waals surface area contributed by atoms with Gasteiger partial charge in [-0.2, -0.15) is 0 Å². The minimum Gasteiger partial charge on any atom is -0.355 e. The maximum atomic E-state index is 12.2.